The van der Waals surface area contributed by atoms with Gasteiger partial charge >= 0.3 is 0 Å². The van der Waals surface area contributed by atoms with E-state index in [9.17, 15) is 0 Å². The van der Waals surface area contributed by atoms with E-state index in [1.807, 2.05) is 48.5 Å². The number of fused-ring (bicyclic) bond motifs is 1. The Morgan fingerprint density at radius 1 is 0.875 bits per heavy atom. The molecule has 4 rings (SSSR count). The van der Waals surface area contributed by atoms with Crippen LogP contribution in [-0.2, 0) is 0 Å². The first-order chi connectivity index (χ1) is 11.8. The topological polar surface area (TPSA) is 61.5 Å². The molecule has 0 aliphatic rings. The van der Waals surface area contributed by atoms with Crippen LogP contribution in [0.15, 0.2) is 48.5 Å². The predicted octanol–water partition coefficient (Wildman–Crippen LogP) is 3.54. The molecule has 0 radical (unpaired) electrons. The number of nitrogens with zero attached hydrogens (tertiary/aromatic N) is 4. The Balaban J connectivity index is 1.90. The lowest BCUT2D eigenvalue weighted by Crippen LogP contribution is -1.94. The minimum absolute atomic E-state index is 0.709. The molecule has 6 nitrogen and oxygen atoms in total. The maximum absolute atomic E-state index is 5.47. The number of rotatable bonds is 4. The summed E-state index contributed by atoms with van der Waals surface area (Å²) in [6, 6.07) is 15.5. The fourth-order valence-corrected chi connectivity index (χ4v) is 3.44. The highest BCUT2D eigenvalue weighted by molar-refractivity contribution is 7.19. The van der Waals surface area contributed by atoms with Crippen LogP contribution in [-0.4, -0.2) is 34.0 Å². The first kappa shape index (κ1) is 14.6. The van der Waals surface area contributed by atoms with Crippen molar-refractivity contribution >= 4 is 16.3 Å². The van der Waals surface area contributed by atoms with Crippen molar-refractivity contribution in [2.75, 3.05) is 14.2 Å². The molecule has 0 bridgehead atoms. The second-order valence-electron chi connectivity index (χ2n) is 5.03. The molecule has 7 heteroatoms. The van der Waals surface area contributed by atoms with Gasteiger partial charge in [-0.1, -0.05) is 47.7 Å². The van der Waals surface area contributed by atoms with Crippen LogP contribution >= 0.6 is 11.3 Å². The molecule has 0 saturated heterocycles. The molecule has 0 aliphatic carbocycles. The van der Waals surface area contributed by atoms with Crippen molar-refractivity contribution in [3.63, 3.8) is 0 Å². The summed E-state index contributed by atoms with van der Waals surface area (Å²) < 4.78 is 12.7. The molecule has 120 valence electrons. The SMILES string of the molecule is COc1cccc(OC)c1-c1nn2c(-c3ccccc3)nnc2s1. The average molecular weight is 338 g/mol. The van der Waals surface area contributed by atoms with Crippen molar-refractivity contribution < 1.29 is 9.47 Å². The van der Waals surface area contributed by atoms with Crippen molar-refractivity contribution in [2.45, 2.75) is 0 Å². The predicted molar refractivity (Wildman–Crippen MR) is 92.6 cm³/mol. The average Bonchev–Trinajstić information content (AvgIpc) is 3.22. The molecule has 0 saturated carbocycles. The van der Waals surface area contributed by atoms with Crippen molar-refractivity contribution in [1.82, 2.24) is 19.8 Å². The van der Waals surface area contributed by atoms with Gasteiger partial charge in [-0.2, -0.15) is 9.61 Å². The molecule has 2 aromatic carbocycles. The van der Waals surface area contributed by atoms with Gasteiger partial charge in [0, 0.05) is 5.56 Å². The lowest BCUT2D eigenvalue weighted by atomic mass is 10.2. The van der Waals surface area contributed by atoms with Crippen LogP contribution in [0.1, 0.15) is 0 Å². The second kappa shape index (κ2) is 5.93. The minimum atomic E-state index is 0.709. The molecule has 2 aromatic heterocycles. The molecule has 4 aromatic rings. The molecular weight excluding hydrogens is 324 g/mol. The Kier molecular flexibility index (Phi) is 3.62. The monoisotopic (exact) mass is 338 g/mol. The van der Waals surface area contributed by atoms with E-state index in [-0.39, 0.29) is 0 Å². The van der Waals surface area contributed by atoms with E-state index < -0.39 is 0 Å². The maximum atomic E-state index is 5.47. The Morgan fingerprint density at radius 3 is 2.25 bits per heavy atom. The minimum Gasteiger partial charge on any atom is -0.496 e. The summed E-state index contributed by atoms with van der Waals surface area (Å²) in [5, 5.41) is 13.9. The number of methoxy groups -OCH3 is 2. The smallest absolute Gasteiger partial charge is 0.235 e. The van der Waals surface area contributed by atoms with Crippen LogP contribution < -0.4 is 9.47 Å². The summed E-state index contributed by atoms with van der Waals surface area (Å²) in [5.41, 5.74) is 1.78. The van der Waals surface area contributed by atoms with Gasteiger partial charge in [0.15, 0.2) is 10.8 Å². The number of aromatic nitrogens is 4. The zero-order chi connectivity index (χ0) is 16.5. The summed E-state index contributed by atoms with van der Waals surface area (Å²) in [6.07, 6.45) is 0. The highest BCUT2D eigenvalue weighted by atomic mass is 32.1. The van der Waals surface area contributed by atoms with E-state index in [4.69, 9.17) is 9.47 Å². The fourth-order valence-electron chi connectivity index (χ4n) is 2.55. The second-order valence-corrected chi connectivity index (χ2v) is 5.98. The summed E-state index contributed by atoms with van der Waals surface area (Å²) in [6.45, 7) is 0. The Morgan fingerprint density at radius 2 is 1.58 bits per heavy atom. The van der Waals surface area contributed by atoms with Crippen LogP contribution in [0.25, 0.3) is 26.9 Å². The zero-order valence-corrected chi connectivity index (χ0v) is 13.9. The van der Waals surface area contributed by atoms with E-state index in [1.165, 1.54) is 11.3 Å². The van der Waals surface area contributed by atoms with Gasteiger partial charge in [-0.05, 0) is 12.1 Å². The highest BCUT2D eigenvalue weighted by Gasteiger charge is 2.19. The molecule has 2 heterocycles. The van der Waals surface area contributed by atoms with E-state index in [1.54, 1.807) is 18.7 Å². The van der Waals surface area contributed by atoms with Gasteiger partial charge in [0.05, 0.1) is 19.8 Å². The Labute approximate surface area is 142 Å². The molecule has 0 unspecified atom stereocenters. The number of hydrogen-bond acceptors (Lipinski definition) is 6. The third-order valence-corrected chi connectivity index (χ3v) is 4.58. The zero-order valence-electron chi connectivity index (χ0n) is 13.1. The molecule has 0 spiro atoms. The summed E-state index contributed by atoms with van der Waals surface area (Å²) in [4.78, 5) is 0.719. The lowest BCUT2D eigenvalue weighted by molar-refractivity contribution is 0.397. The summed E-state index contributed by atoms with van der Waals surface area (Å²) >= 11 is 1.44. The molecule has 0 N–H and O–H groups in total. The van der Waals surface area contributed by atoms with E-state index in [0.717, 1.165) is 21.1 Å². The molecule has 24 heavy (non-hydrogen) atoms. The summed E-state index contributed by atoms with van der Waals surface area (Å²) in [7, 11) is 3.27. The van der Waals surface area contributed by atoms with Gasteiger partial charge in [0.2, 0.25) is 4.96 Å². The normalized spacial score (nSPS) is 10.9. The van der Waals surface area contributed by atoms with Crippen LogP contribution in [0.3, 0.4) is 0 Å². The van der Waals surface area contributed by atoms with Gasteiger partial charge in [-0.25, -0.2) is 0 Å². The Hall–Kier alpha value is -2.93. The van der Waals surface area contributed by atoms with Gasteiger partial charge in [0.25, 0.3) is 0 Å². The third kappa shape index (κ3) is 2.30. The van der Waals surface area contributed by atoms with E-state index in [2.05, 4.69) is 15.3 Å². The Bertz CT molecular complexity index is 972. The molecule has 0 aliphatic heterocycles. The molecule has 0 fully saturated rings. The molecule has 0 amide bonds. The lowest BCUT2D eigenvalue weighted by Gasteiger charge is -2.10. The largest absolute Gasteiger partial charge is 0.496 e. The summed E-state index contributed by atoms with van der Waals surface area (Å²) in [5.74, 6) is 2.13. The van der Waals surface area contributed by atoms with Crippen LogP contribution in [0, 0.1) is 0 Å². The van der Waals surface area contributed by atoms with Crippen LogP contribution in [0.4, 0.5) is 0 Å². The van der Waals surface area contributed by atoms with Crippen LogP contribution in [0.5, 0.6) is 11.5 Å². The number of ether oxygens (including phenoxy) is 2. The first-order valence-corrected chi connectivity index (χ1v) is 8.12. The fraction of sp³-hybridized carbons (Fsp3) is 0.118. The van der Waals surface area contributed by atoms with Gasteiger partial charge < -0.3 is 9.47 Å². The third-order valence-electron chi connectivity index (χ3n) is 3.66. The van der Waals surface area contributed by atoms with Gasteiger partial charge in [0.1, 0.15) is 11.5 Å². The number of benzene rings is 2. The van der Waals surface area contributed by atoms with E-state index >= 15 is 0 Å². The van der Waals surface area contributed by atoms with E-state index in [0.29, 0.717) is 17.3 Å². The van der Waals surface area contributed by atoms with Crippen molar-refractivity contribution in [3.05, 3.63) is 48.5 Å². The standard InChI is InChI=1S/C17H14N4O2S/c1-22-12-9-6-10-13(23-2)14(12)16-20-21-15(18-19-17(21)24-16)11-7-4-3-5-8-11/h3-10H,1-2H3. The maximum Gasteiger partial charge on any atom is 0.235 e. The molecule has 0 atom stereocenters. The van der Waals surface area contributed by atoms with Crippen molar-refractivity contribution in [2.24, 2.45) is 0 Å². The molecular formula is C17H14N4O2S. The quantitative estimate of drug-likeness (QED) is 0.569. The van der Waals surface area contributed by atoms with Gasteiger partial charge in [-0.3, -0.25) is 0 Å². The van der Waals surface area contributed by atoms with Gasteiger partial charge in [-0.15, -0.1) is 10.2 Å². The number of hydrogen-bond donors (Lipinski definition) is 0. The highest BCUT2D eigenvalue weighted by Crippen LogP contribution is 2.40. The van der Waals surface area contributed by atoms with Crippen molar-refractivity contribution in [1.29, 1.82) is 0 Å². The first-order valence-electron chi connectivity index (χ1n) is 7.31. The van der Waals surface area contributed by atoms with Crippen LogP contribution in [0.2, 0.25) is 0 Å². The van der Waals surface area contributed by atoms with Crippen molar-refractivity contribution in [3.8, 4) is 33.5 Å².